The van der Waals surface area contributed by atoms with Gasteiger partial charge in [0.25, 0.3) is 0 Å². The van der Waals surface area contributed by atoms with Gasteiger partial charge in [-0.25, -0.2) is 0 Å². The highest BCUT2D eigenvalue weighted by Gasteiger charge is 1.98. The summed E-state index contributed by atoms with van der Waals surface area (Å²) in [5.41, 5.74) is 0. The molecule has 296 valence electrons. The summed E-state index contributed by atoms with van der Waals surface area (Å²) in [7, 11) is 0. The van der Waals surface area contributed by atoms with Crippen molar-refractivity contribution >= 4 is 0 Å². The number of hydrogen-bond acceptors (Lipinski definition) is 3. The molecule has 0 heterocycles. The summed E-state index contributed by atoms with van der Waals surface area (Å²) in [6.45, 7) is 3.21. The largest absolute Gasteiger partial charge is 0.396 e. The van der Waals surface area contributed by atoms with Gasteiger partial charge in [-0.15, -0.1) is 0 Å². The molecule has 0 saturated heterocycles. The quantitative estimate of drug-likeness (QED) is 0.0556. The number of nitrogens with one attached hydrogen (secondary N) is 1. The number of rotatable bonds is 46. The maximum atomic E-state index is 8.81. The summed E-state index contributed by atoms with van der Waals surface area (Å²) >= 11 is 0. The van der Waals surface area contributed by atoms with Crippen LogP contribution in [0.1, 0.15) is 270 Å². The minimum absolute atomic E-state index is 0.371. The lowest BCUT2D eigenvalue weighted by molar-refractivity contribution is 0.282. The molecule has 0 fully saturated rings. The van der Waals surface area contributed by atoms with Gasteiger partial charge in [0, 0.05) is 13.2 Å². The van der Waals surface area contributed by atoms with Crippen LogP contribution in [0.4, 0.5) is 0 Å². The van der Waals surface area contributed by atoms with Crippen molar-refractivity contribution in [3.63, 3.8) is 0 Å². The third-order valence-corrected chi connectivity index (χ3v) is 11.0. The Hall–Kier alpha value is -0.120. The highest BCUT2D eigenvalue weighted by atomic mass is 16.3. The molecule has 0 radical (unpaired) electrons. The second-order valence-corrected chi connectivity index (χ2v) is 16.0. The predicted molar refractivity (Wildman–Crippen MR) is 221 cm³/mol. The Kier molecular flexibility index (Phi) is 47.8. The Morgan fingerprint density at radius 3 is 0.429 bits per heavy atom. The van der Waals surface area contributed by atoms with Gasteiger partial charge in [-0.1, -0.05) is 244 Å². The smallest absolute Gasteiger partial charge is 0.0431 e. The summed E-state index contributed by atoms with van der Waals surface area (Å²) in [6, 6.07) is 0. The van der Waals surface area contributed by atoms with Crippen molar-refractivity contribution in [1.82, 2.24) is 5.32 Å². The number of aliphatic hydroxyl groups is 2. The Balaban J connectivity index is 3.04. The van der Waals surface area contributed by atoms with Gasteiger partial charge >= 0.3 is 0 Å². The first kappa shape index (κ1) is 48.9. The van der Waals surface area contributed by atoms with Crippen LogP contribution in [0.2, 0.25) is 0 Å². The van der Waals surface area contributed by atoms with E-state index in [2.05, 4.69) is 5.32 Å². The molecule has 0 bridgehead atoms. The average molecular weight is 694 g/mol. The van der Waals surface area contributed by atoms with Crippen LogP contribution in [0.5, 0.6) is 0 Å². The van der Waals surface area contributed by atoms with Gasteiger partial charge in [0.2, 0.25) is 0 Å². The van der Waals surface area contributed by atoms with E-state index in [9.17, 15) is 0 Å². The van der Waals surface area contributed by atoms with Crippen LogP contribution < -0.4 is 5.32 Å². The topological polar surface area (TPSA) is 52.5 Å². The van der Waals surface area contributed by atoms with Gasteiger partial charge in [-0.2, -0.15) is 0 Å². The van der Waals surface area contributed by atoms with Crippen LogP contribution in [0.15, 0.2) is 0 Å². The van der Waals surface area contributed by atoms with Crippen LogP contribution in [0, 0.1) is 0 Å². The van der Waals surface area contributed by atoms with Gasteiger partial charge in [0.05, 0.1) is 0 Å². The fraction of sp³-hybridized carbons (Fsp3) is 1.00. The summed E-state index contributed by atoms with van der Waals surface area (Å²) in [5.74, 6) is 0. The first-order chi connectivity index (χ1) is 24.4. The fourth-order valence-electron chi connectivity index (χ4n) is 7.57. The SMILES string of the molecule is OCCCCCCCCCCCCCCCCCCCCCCCCNCCCCCCCCCCCCCCCCCCCCCCO. The van der Waals surface area contributed by atoms with Crippen LogP contribution >= 0.6 is 0 Å². The predicted octanol–water partition coefficient (Wildman–Crippen LogP) is 14.9. The minimum atomic E-state index is 0.371. The molecule has 0 aliphatic heterocycles. The monoisotopic (exact) mass is 694 g/mol. The second kappa shape index (κ2) is 47.9. The molecule has 0 rings (SSSR count). The molecule has 0 aromatic carbocycles. The maximum Gasteiger partial charge on any atom is 0.0431 e. The zero-order valence-corrected chi connectivity index (χ0v) is 33.9. The molecule has 49 heavy (non-hydrogen) atoms. The minimum Gasteiger partial charge on any atom is -0.396 e. The highest BCUT2D eigenvalue weighted by molar-refractivity contribution is 4.55. The fourth-order valence-corrected chi connectivity index (χ4v) is 7.57. The van der Waals surface area contributed by atoms with E-state index >= 15 is 0 Å². The zero-order chi connectivity index (χ0) is 35.2. The van der Waals surface area contributed by atoms with Crippen LogP contribution in [0.25, 0.3) is 0 Å². The lowest BCUT2D eigenvalue weighted by Crippen LogP contribution is -2.16. The van der Waals surface area contributed by atoms with Gasteiger partial charge in [0.1, 0.15) is 0 Å². The molecule has 0 aliphatic carbocycles. The van der Waals surface area contributed by atoms with Gasteiger partial charge in [0.15, 0.2) is 0 Å². The third kappa shape index (κ3) is 47.9. The van der Waals surface area contributed by atoms with Crippen LogP contribution in [0.3, 0.4) is 0 Å². The number of hydrogen-bond donors (Lipinski definition) is 3. The molecule has 0 spiro atoms. The molecular formula is C46H95NO2. The normalized spacial score (nSPS) is 11.6. The summed E-state index contributed by atoms with van der Waals surface area (Å²) in [6.07, 6.45) is 59.0. The van der Waals surface area contributed by atoms with Crippen molar-refractivity contribution < 1.29 is 10.2 Å². The van der Waals surface area contributed by atoms with E-state index in [1.54, 1.807) is 0 Å². The van der Waals surface area contributed by atoms with E-state index in [0.717, 1.165) is 12.8 Å². The lowest BCUT2D eigenvalue weighted by atomic mass is 10.0. The average Bonchev–Trinajstić information content (AvgIpc) is 3.11. The van der Waals surface area contributed by atoms with Crippen molar-refractivity contribution in [1.29, 1.82) is 0 Å². The molecule has 3 N–H and O–H groups in total. The molecule has 0 atom stereocenters. The molecule has 3 nitrogen and oxygen atoms in total. The summed E-state index contributed by atoms with van der Waals surface area (Å²) in [4.78, 5) is 0. The Labute approximate surface area is 310 Å². The molecule has 3 heteroatoms. The lowest BCUT2D eigenvalue weighted by Gasteiger charge is -2.06. The summed E-state index contributed by atoms with van der Waals surface area (Å²) in [5, 5.41) is 21.3. The van der Waals surface area contributed by atoms with Crippen molar-refractivity contribution in [3.05, 3.63) is 0 Å². The van der Waals surface area contributed by atoms with Crippen molar-refractivity contribution in [3.8, 4) is 0 Å². The van der Waals surface area contributed by atoms with E-state index in [1.165, 1.54) is 270 Å². The van der Waals surface area contributed by atoms with Gasteiger partial charge in [-0.05, 0) is 38.8 Å². The molecule has 0 aromatic heterocycles. The third-order valence-electron chi connectivity index (χ3n) is 11.0. The zero-order valence-electron chi connectivity index (χ0n) is 33.9. The number of aliphatic hydroxyl groups excluding tert-OH is 2. The van der Waals surface area contributed by atoms with E-state index in [-0.39, 0.29) is 0 Å². The maximum absolute atomic E-state index is 8.81. The van der Waals surface area contributed by atoms with Gasteiger partial charge in [-0.3, -0.25) is 0 Å². The first-order valence-electron chi connectivity index (χ1n) is 23.3. The Morgan fingerprint density at radius 2 is 0.286 bits per heavy atom. The Morgan fingerprint density at radius 1 is 0.163 bits per heavy atom. The van der Waals surface area contributed by atoms with E-state index in [0.29, 0.717) is 13.2 Å². The van der Waals surface area contributed by atoms with E-state index in [1.807, 2.05) is 0 Å². The van der Waals surface area contributed by atoms with Crippen molar-refractivity contribution in [2.75, 3.05) is 26.3 Å². The van der Waals surface area contributed by atoms with Crippen LogP contribution in [-0.2, 0) is 0 Å². The first-order valence-corrected chi connectivity index (χ1v) is 23.3. The number of unbranched alkanes of at least 4 members (excludes halogenated alkanes) is 40. The van der Waals surface area contributed by atoms with Crippen LogP contribution in [-0.4, -0.2) is 36.5 Å². The van der Waals surface area contributed by atoms with Crippen molar-refractivity contribution in [2.24, 2.45) is 0 Å². The summed E-state index contributed by atoms with van der Waals surface area (Å²) < 4.78 is 0. The van der Waals surface area contributed by atoms with E-state index in [4.69, 9.17) is 10.2 Å². The second-order valence-electron chi connectivity index (χ2n) is 16.0. The molecular weight excluding hydrogens is 599 g/mol. The molecule has 0 amide bonds. The molecule has 0 aromatic rings. The highest BCUT2D eigenvalue weighted by Crippen LogP contribution is 2.17. The molecule has 0 saturated carbocycles. The molecule has 0 unspecified atom stereocenters. The Bertz CT molecular complexity index is 495. The molecule has 0 aliphatic rings. The van der Waals surface area contributed by atoms with Crippen molar-refractivity contribution in [2.45, 2.75) is 270 Å². The van der Waals surface area contributed by atoms with E-state index < -0.39 is 0 Å². The van der Waals surface area contributed by atoms with Gasteiger partial charge < -0.3 is 15.5 Å². The standard InChI is InChI=1S/C46H95NO2/c48-45-41-37-33-29-25-21-17-13-9-5-2-1-3-7-11-15-19-23-27-31-35-39-43-47-44-40-36-32-28-24-20-16-12-8-4-6-10-14-18-22-26-30-34-38-42-46-49/h47-49H,1-46H2.